The largest absolute Gasteiger partial charge is 0.349 e. The Hall–Kier alpha value is -1.89. The topological polar surface area (TPSA) is 69.7 Å². The lowest BCUT2D eigenvalue weighted by Crippen LogP contribution is -2.43. The van der Waals surface area contributed by atoms with Gasteiger partial charge in [-0.2, -0.15) is 0 Å². The number of benzene rings is 1. The Labute approximate surface area is 175 Å². The monoisotopic (exact) mass is 451 g/mol. The zero-order valence-corrected chi connectivity index (χ0v) is 18.7. The average molecular weight is 452 g/mol. The van der Waals surface area contributed by atoms with Gasteiger partial charge in [0.1, 0.15) is 0 Å². The van der Waals surface area contributed by atoms with Gasteiger partial charge >= 0.3 is 0 Å². The number of halogens is 1. The maximum atomic E-state index is 13.2. The molecule has 1 heterocycles. The highest BCUT2D eigenvalue weighted by Gasteiger charge is 2.29. The highest BCUT2D eigenvalue weighted by atomic mass is 79.9. The number of anilines is 1. The van der Waals surface area contributed by atoms with Crippen LogP contribution in [0.4, 0.5) is 5.69 Å². The molecule has 28 heavy (non-hydrogen) atoms. The zero-order valence-electron chi connectivity index (χ0n) is 17.1. The second-order valence-electron chi connectivity index (χ2n) is 7.85. The maximum absolute atomic E-state index is 13.2. The fourth-order valence-corrected chi connectivity index (χ4v) is 3.93. The molecule has 0 aromatic heterocycles. The number of carbonyl (C=O) groups is 3. The Morgan fingerprint density at radius 3 is 2.57 bits per heavy atom. The van der Waals surface area contributed by atoms with Crippen LogP contribution in [0.2, 0.25) is 0 Å². The lowest BCUT2D eigenvalue weighted by atomic mass is 9.88. The van der Waals surface area contributed by atoms with E-state index in [1.807, 2.05) is 4.90 Å². The first kappa shape index (κ1) is 22.4. The van der Waals surface area contributed by atoms with E-state index in [4.69, 9.17) is 0 Å². The van der Waals surface area contributed by atoms with Crippen LogP contribution in [0.5, 0.6) is 0 Å². The van der Waals surface area contributed by atoms with Crippen LogP contribution in [0.1, 0.15) is 49.9 Å². The molecule has 2 atom stereocenters. The van der Waals surface area contributed by atoms with Gasteiger partial charge in [0.05, 0.1) is 11.3 Å². The number of carbonyl (C=O) groups excluding carboxylic acids is 3. The zero-order chi connectivity index (χ0) is 20.8. The molecule has 1 aliphatic rings. The van der Waals surface area contributed by atoms with E-state index >= 15 is 0 Å². The molecule has 1 aliphatic heterocycles. The lowest BCUT2D eigenvalue weighted by molar-refractivity contribution is -0.130. The van der Waals surface area contributed by atoms with Crippen LogP contribution < -0.4 is 5.32 Å². The van der Waals surface area contributed by atoms with Crippen LogP contribution in [0, 0.1) is 11.8 Å². The molecule has 1 saturated heterocycles. The summed E-state index contributed by atoms with van der Waals surface area (Å²) < 4.78 is 0.786. The SMILES string of the molecule is CCC1CC(C)CN(C(=O)c2cc(Br)ccc2NC(=O)CCC(=O)N(C)C)C1. The van der Waals surface area contributed by atoms with Gasteiger partial charge in [-0.15, -0.1) is 0 Å². The van der Waals surface area contributed by atoms with E-state index in [1.165, 1.54) is 4.90 Å². The van der Waals surface area contributed by atoms with Crippen molar-refractivity contribution in [1.82, 2.24) is 9.80 Å². The summed E-state index contributed by atoms with van der Waals surface area (Å²) in [7, 11) is 3.32. The number of hydrogen-bond acceptors (Lipinski definition) is 3. The highest BCUT2D eigenvalue weighted by molar-refractivity contribution is 9.10. The molecule has 0 bridgehead atoms. The Bertz CT molecular complexity index is 736. The molecule has 1 aromatic carbocycles. The van der Waals surface area contributed by atoms with E-state index in [9.17, 15) is 14.4 Å². The van der Waals surface area contributed by atoms with E-state index in [0.29, 0.717) is 23.1 Å². The smallest absolute Gasteiger partial charge is 0.256 e. The summed E-state index contributed by atoms with van der Waals surface area (Å²) in [6.45, 7) is 5.81. The van der Waals surface area contributed by atoms with Crippen LogP contribution in [-0.2, 0) is 9.59 Å². The molecular weight excluding hydrogens is 422 g/mol. The fourth-order valence-electron chi connectivity index (χ4n) is 3.57. The Kier molecular flexibility index (Phi) is 8.04. The molecule has 6 nitrogen and oxygen atoms in total. The summed E-state index contributed by atoms with van der Waals surface area (Å²) in [4.78, 5) is 40.6. The second kappa shape index (κ2) is 10.0. The minimum atomic E-state index is -0.273. The standard InChI is InChI=1S/C21H30BrN3O3/c1-5-15-10-14(2)12-25(13-15)21(28)17-11-16(22)6-7-18(17)23-19(26)8-9-20(27)24(3)4/h6-7,11,14-15H,5,8-10,12-13H2,1-4H3,(H,23,26). The van der Waals surface area contributed by atoms with Crippen molar-refractivity contribution in [1.29, 1.82) is 0 Å². The summed E-state index contributed by atoms with van der Waals surface area (Å²) >= 11 is 3.42. The molecule has 1 aromatic rings. The summed E-state index contributed by atoms with van der Waals surface area (Å²) in [5, 5.41) is 2.81. The lowest BCUT2D eigenvalue weighted by Gasteiger charge is -2.36. The molecule has 0 radical (unpaired) electrons. The summed E-state index contributed by atoms with van der Waals surface area (Å²) in [6, 6.07) is 5.28. The number of nitrogens with zero attached hydrogens (tertiary/aromatic N) is 2. The number of rotatable bonds is 6. The van der Waals surface area contributed by atoms with Gasteiger partial charge in [-0.05, 0) is 36.5 Å². The van der Waals surface area contributed by atoms with Crippen molar-refractivity contribution in [2.75, 3.05) is 32.5 Å². The molecular formula is C21H30BrN3O3. The minimum Gasteiger partial charge on any atom is -0.349 e. The van der Waals surface area contributed by atoms with Crippen LogP contribution in [-0.4, -0.2) is 54.7 Å². The third kappa shape index (κ3) is 6.06. The van der Waals surface area contributed by atoms with Crippen LogP contribution in [0.25, 0.3) is 0 Å². The molecule has 2 unspecified atom stereocenters. The number of amides is 3. The third-order valence-electron chi connectivity index (χ3n) is 5.16. The van der Waals surface area contributed by atoms with Crippen molar-refractivity contribution >= 4 is 39.3 Å². The second-order valence-corrected chi connectivity index (χ2v) is 8.77. The van der Waals surface area contributed by atoms with E-state index in [1.54, 1.807) is 32.3 Å². The maximum Gasteiger partial charge on any atom is 0.256 e. The van der Waals surface area contributed by atoms with E-state index in [-0.39, 0.29) is 30.6 Å². The first-order valence-electron chi connectivity index (χ1n) is 9.80. The number of piperidine rings is 1. The van der Waals surface area contributed by atoms with Crippen LogP contribution in [0.15, 0.2) is 22.7 Å². The minimum absolute atomic E-state index is 0.0639. The summed E-state index contributed by atoms with van der Waals surface area (Å²) in [6.07, 6.45) is 2.41. The van der Waals surface area contributed by atoms with Crippen molar-refractivity contribution in [3.8, 4) is 0 Å². The van der Waals surface area contributed by atoms with E-state index in [0.717, 1.165) is 30.4 Å². The molecule has 0 spiro atoms. The number of hydrogen-bond donors (Lipinski definition) is 1. The normalized spacial score (nSPS) is 19.2. The average Bonchev–Trinajstić information content (AvgIpc) is 2.66. The Morgan fingerprint density at radius 2 is 1.93 bits per heavy atom. The van der Waals surface area contributed by atoms with Crippen molar-refractivity contribution in [2.24, 2.45) is 11.8 Å². The number of likely N-dealkylation sites (tertiary alicyclic amines) is 1. The van der Waals surface area contributed by atoms with Gasteiger partial charge in [0.15, 0.2) is 0 Å². The third-order valence-corrected chi connectivity index (χ3v) is 5.66. The molecule has 0 saturated carbocycles. The quantitative estimate of drug-likeness (QED) is 0.715. The van der Waals surface area contributed by atoms with E-state index < -0.39 is 0 Å². The van der Waals surface area contributed by atoms with Gasteiger partial charge in [0, 0.05) is 44.5 Å². The molecule has 154 valence electrons. The predicted octanol–water partition coefficient (Wildman–Crippen LogP) is 3.76. The predicted molar refractivity (Wildman–Crippen MR) is 114 cm³/mol. The molecule has 3 amide bonds. The Morgan fingerprint density at radius 1 is 1.21 bits per heavy atom. The molecule has 1 fully saturated rings. The Balaban J connectivity index is 2.14. The van der Waals surface area contributed by atoms with E-state index in [2.05, 4.69) is 35.1 Å². The van der Waals surface area contributed by atoms with Crippen molar-refractivity contribution in [3.05, 3.63) is 28.2 Å². The summed E-state index contributed by atoms with van der Waals surface area (Å²) in [5.41, 5.74) is 0.965. The summed E-state index contributed by atoms with van der Waals surface area (Å²) in [5.74, 6) is 0.533. The van der Waals surface area contributed by atoms with Gasteiger partial charge < -0.3 is 15.1 Å². The first-order chi connectivity index (χ1) is 13.2. The van der Waals surface area contributed by atoms with Gasteiger partial charge in [-0.1, -0.05) is 36.2 Å². The van der Waals surface area contributed by atoms with Gasteiger partial charge in [-0.25, -0.2) is 0 Å². The van der Waals surface area contributed by atoms with Crippen molar-refractivity contribution in [2.45, 2.75) is 39.5 Å². The van der Waals surface area contributed by atoms with Crippen LogP contribution >= 0.6 is 15.9 Å². The van der Waals surface area contributed by atoms with Crippen molar-refractivity contribution < 1.29 is 14.4 Å². The first-order valence-corrected chi connectivity index (χ1v) is 10.6. The van der Waals surface area contributed by atoms with Crippen molar-refractivity contribution in [3.63, 3.8) is 0 Å². The molecule has 1 N–H and O–H groups in total. The molecule has 2 rings (SSSR count). The molecule has 0 aliphatic carbocycles. The number of nitrogens with one attached hydrogen (secondary N) is 1. The van der Waals surface area contributed by atoms with Gasteiger partial charge in [-0.3, -0.25) is 14.4 Å². The van der Waals surface area contributed by atoms with Gasteiger partial charge in [0.2, 0.25) is 11.8 Å². The molecule has 7 heteroatoms. The van der Waals surface area contributed by atoms with Crippen LogP contribution in [0.3, 0.4) is 0 Å². The highest BCUT2D eigenvalue weighted by Crippen LogP contribution is 2.28. The van der Waals surface area contributed by atoms with Gasteiger partial charge in [0.25, 0.3) is 5.91 Å². The fraction of sp³-hybridized carbons (Fsp3) is 0.571.